The summed E-state index contributed by atoms with van der Waals surface area (Å²) in [5, 5.41) is 0. The van der Waals surface area contributed by atoms with Gasteiger partial charge in [-0.1, -0.05) is 48.5 Å². The minimum absolute atomic E-state index is 0.394. The first kappa shape index (κ1) is 19.2. The number of hydrogen-bond acceptors (Lipinski definition) is 4. The lowest BCUT2D eigenvalue weighted by Crippen LogP contribution is -2.40. The molecule has 0 aromatic heterocycles. The van der Waals surface area contributed by atoms with Crippen LogP contribution in [0, 0.1) is 5.92 Å². The number of methoxy groups -OCH3 is 2. The minimum Gasteiger partial charge on any atom is -0.440 e. The van der Waals surface area contributed by atoms with E-state index in [1.807, 2.05) is 18.2 Å². The summed E-state index contributed by atoms with van der Waals surface area (Å²) in [6.45, 7) is 3.29. The van der Waals surface area contributed by atoms with Gasteiger partial charge in [0.2, 0.25) is 0 Å². The average Bonchev–Trinajstić information content (AvgIpc) is 2.78. The Balaban J connectivity index is 1.41. The molecule has 1 saturated heterocycles. The normalized spacial score (nSPS) is 19.6. The summed E-state index contributed by atoms with van der Waals surface area (Å²) in [4.78, 5) is 2.56. The second-order valence-corrected chi connectivity index (χ2v) is 7.55. The molecule has 4 rings (SSSR count). The van der Waals surface area contributed by atoms with Crippen LogP contribution in [0.3, 0.4) is 0 Å². The maximum absolute atomic E-state index is 6.30. The van der Waals surface area contributed by atoms with Gasteiger partial charge >= 0.3 is 5.97 Å². The number of allylic oxidation sites excluding steroid dienone is 1. The number of fused-ring (bicyclic) bond motifs is 1. The van der Waals surface area contributed by atoms with Crippen LogP contribution in [0.2, 0.25) is 0 Å². The predicted molar refractivity (Wildman–Crippen MR) is 111 cm³/mol. The number of hydrogen-bond donors (Lipinski definition) is 0. The maximum atomic E-state index is 6.30. The van der Waals surface area contributed by atoms with Crippen molar-refractivity contribution >= 4 is 6.08 Å². The Morgan fingerprint density at radius 3 is 2.36 bits per heavy atom. The van der Waals surface area contributed by atoms with Crippen molar-refractivity contribution in [3.63, 3.8) is 0 Å². The molecule has 4 nitrogen and oxygen atoms in total. The van der Waals surface area contributed by atoms with E-state index in [-0.39, 0.29) is 0 Å². The molecule has 0 N–H and O–H groups in total. The molecule has 28 heavy (non-hydrogen) atoms. The molecule has 0 amide bonds. The highest BCUT2D eigenvalue weighted by Crippen LogP contribution is 2.41. The lowest BCUT2D eigenvalue weighted by Gasteiger charge is -2.40. The van der Waals surface area contributed by atoms with E-state index in [9.17, 15) is 0 Å². The van der Waals surface area contributed by atoms with E-state index in [1.54, 1.807) is 14.2 Å². The Hall–Kier alpha value is -2.14. The number of likely N-dealkylation sites (tertiary alicyclic amines) is 1. The molecule has 0 radical (unpaired) electrons. The summed E-state index contributed by atoms with van der Waals surface area (Å²) >= 11 is 0. The van der Waals surface area contributed by atoms with Gasteiger partial charge < -0.3 is 19.1 Å². The van der Waals surface area contributed by atoms with E-state index in [0.717, 1.165) is 55.8 Å². The Bertz CT molecular complexity index is 806. The molecule has 0 bridgehead atoms. The quantitative estimate of drug-likeness (QED) is 0.696. The lowest BCUT2D eigenvalue weighted by molar-refractivity contribution is -0.363. The van der Waals surface area contributed by atoms with Gasteiger partial charge in [-0.15, -0.1) is 0 Å². The zero-order chi connectivity index (χ0) is 19.4. The van der Waals surface area contributed by atoms with Crippen molar-refractivity contribution in [2.45, 2.75) is 25.2 Å². The predicted octanol–water partition coefficient (Wildman–Crippen LogP) is 4.42. The van der Waals surface area contributed by atoms with E-state index < -0.39 is 5.97 Å². The van der Waals surface area contributed by atoms with Crippen LogP contribution in [0.15, 0.2) is 60.4 Å². The molecule has 2 aliphatic heterocycles. The van der Waals surface area contributed by atoms with Crippen molar-refractivity contribution in [1.29, 1.82) is 0 Å². The third-order valence-electron chi connectivity index (χ3n) is 5.93. The summed E-state index contributed by atoms with van der Waals surface area (Å²) in [5.41, 5.74) is 3.44. The van der Waals surface area contributed by atoms with Gasteiger partial charge in [0, 0.05) is 26.7 Å². The second kappa shape index (κ2) is 8.48. The number of ether oxygens (including phenoxy) is 3. The molecule has 2 aromatic rings. The smallest absolute Gasteiger partial charge is 0.356 e. The summed E-state index contributed by atoms with van der Waals surface area (Å²) in [6, 6.07) is 18.8. The molecular formula is C24H29NO3. The third kappa shape index (κ3) is 3.86. The fourth-order valence-electron chi connectivity index (χ4n) is 4.26. The van der Waals surface area contributed by atoms with Gasteiger partial charge in [0.05, 0.1) is 5.56 Å². The summed E-state index contributed by atoms with van der Waals surface area (Å²) in [6.07, 6.45) is 5.45. The van der Waals surface area contributed by atoms with E-state index >= 15 is 0 Å². The van der Waals surface area contributed by atoms with E-state index in [2.05, 4.69) is 47.4 Å². The first-order chi connectivity index (χ1) is 13.7. The zero-order valence-corrected chi connectivity index (χ0v) is 16.8. The Labute approximate surface area is 167 Å². The van der Waals surface area contributed by atoms with Crippen LogP contribution >= 0.6 is 0 Å². The van der Waals surface area contributed by atoms with Gasteiger partial charge in [-0.25, -0.2) is 0 Å². The fraction of sp³-hybridized carbons (Fsp3) is 0.417. The Morgan fingerprint density at radius 1 is 0.964 bits per heavy atom. The molecule has 0 unspecified atom stereocenters. The highest BCUT2D eigenvalue weighted by molar-refractivity contribution is 5.59. The number of nitrogens with zero attached hydrogens (tertiary/aromatic N) is 1. The largest absolute Gasteiger partial charge is 0.440 e. The Kier molecular flexibility index (Phi) is 5.81. The van der Waals surface area contributed by atoms with Gasteiger partial charge in [-0.3, -0.25) is 0 Å². The molecule has 0 spiro atoms. The van der Waals surface area contributed by atoms with E-state index in [0.29, 0.717) is 5.92 Å². The molecule has 1 fully saturated rings. The highest BCUT2D eigenvalue weighted by Gasteiger charge is 2.42. The number of piperidine rings is 1. The number of rotatable bonds is 6. The van der Waals surface area contributed by atoms with Crippen LogP contribution in [-0.2, 0) is 26.6 Å². The number of benzene rings is 2. The topological polar surface area (TPSA) is 30.9 Å². The summed E-state index contributed by atoms with van der Waals surface area (Å²) < 4.78 is 17.7. The summed E-state index contributed by atoms with van der Waals surface area (Å²) in [5.74, 6) is 0.224. The van der Waals surface area contributed by atoms with Crippen molar-refractivity contribution in [2.24, 2.45) is 5.92 Å². The lowest BCUT2D eigenvalue weighted by atomic mass is 9.91. The molecule has 0 saturated carbocycles. The minimum atomic E-state index is -1.15. The maximum Gasteiger partial charge on any atom is 0.356 e. The van der Waals surface area contributed by atoms with Gasteiger partial charge in [0.1, 0.15) is 5.76 Å². The highest BCUT2D eigenvalue weighted by atomic mass is 16.9. The van der Waals surface area contributed by atoms with Crippen LogP contribution in [-0.4, -0.2) is 38.8 Å². The first-order valence-electron chi connectivity index (χ1n) is 10.1. The third-order valence-corrected chi connectivity index (χ3v) is 5.93. The van der Waals surface area contributed by atoms with Crippen LogP contribution in [0.5, 0.6) is 0 Å². The van der Waals surface area contributed by atoms with Gasteiger partial charge in [0.15, 0.2) is 0 Å². The van der Waals surface area contributed by atoms with Gasteiger partial charge in [-0.05, 0) is 55.6 Å². The van der Waals surface area contributed by atoms with E-state index in [1.165, 1.54) is 5.56 Å². The molecular weight excluding hydrogens is 350 g/mol. The van der Waals surface area contributed by atoms with Crippen LogP contribution in [0.1, 0.15) is 29.5 Å². The zero-order valence-electron chi connectivity index (χ0n) is 16.8. The van der Waals surface area contributed by atoms with Crippen molar-refractivity contribution in [1.82, 2.24) is 4.90 Å². The van der Waals surface area contributed by atoms with Crippen molar-refractivity contribution in [3.8, 4) is 0 Å². The molecule has 2 aliphatic rings. The molecule has 2 aromatic carbocycles. The van der Waals surface area contributed by atoms with Crippen molar-refractivity contribution < 1.29 is 14.2 Å². The van der Waals surface area contributed by atoms with Crippen molar-refractivity contribution in [3.05, 3.63) is 77.0 Å². The molecule has 4 heteroatoms. The molecule has 0 aliphatic carbocycles. The van der Waals surface area contributed by atoms with Gasteiger partial charge in [0.25, 0.3) is 0 Å². The molecule has 148 valence electrons. The van der Waals surface area contributed by atoms with E-state index in [4.69, 9.17) is 14.2 Å². The second-order valence-electron chi connectivity index (χ2n) is 7.55. The summed E-state index contributed by atoms with van der Waals surface area (Å²) in [7, 11) is 3.27. The van der Waals surface area contributed by atoms with Crippen LogP contribution in [0.25, 0.3) is 6.08 Å². The molecule has 0 atom stereocenters. The first-order valence-corrected chi connectivity index (χ1v) is 10.1. The van der Waals surface area contributed by atoms with Crippen LogP contribution in [0.4, 0.5) is 0 Å². The van der Waals surface area contributed by atoms with Crippen molar-refractivity contribution in [2.75, 3.05) is 33.9 Å². The standard InChI is InChI=1S/C24H29NO3/c1-26-24(27-2)22-11-7-6-10-21(22)18-23(28-24)20-13-16-25(17-14-20)15-12-19-8-4-3-5-9-19/h3-11,18,20H,12-17H2,1-2H3. The SMILES string of the molecule is COC1(OC)OC(C2CCN(CCc3ccccc3)CC2)=Cc2ccccc21. The fourth-order valence-corrected chi connectivity index (χ4v) is 4.26. The Morgan fingerprint density at radius 2 is 1.64 bits per heavy atom. The van der Waals surface area contributed by atoms with Crippen LogP contribution < -0.4 is 0 Å². The molecule has 2 heterocycles. The average molecular weight is 380 g/mol. The van der Waals surface area contributed by atoms with Gasteiger partial charge in [-0.2, -0.15) is 0 Å². The monoisotopic (exact) mass is 379 g/mol.